The summed E-state index contributed by atoms with van der Waals surface area (Å²) in [6.45, 7) is 4.18. The number of hydrogen-bond acceptors (Lipinski definition) is 3. The molecule has 0 unspecified atom stereocenters. The Morgan fingerprint density at radius 1 is 1.15 bits per heavy atom. The van der Waals surface area contributed by atoms with Crippen LogP contribution >= 0.6 is 11.3 Å². The summed E-state index contributed by atoms with van der Waals surface area (Å²) in [7, 11) is 1.59. The molecule has 0 radical (unpaired) electrons. The summed E-state index contributed by atoms with van der Waals surface area (Å²) in [5.74, 6) is 0.821. The van der Waals surface area contributed by atoms with Crippen molar-refractivity contribution in [1.82, 2.24) is 0 Å². The highest BCUT2D eigenvalue weighted by molar-refractivity contribution is 7.20. The second kappa shape index (κ2) is 5.02. The number of fused-ring (bicyclic) bond motifs is 1. The highest BCUT2D eigenvalue weighted by Crippen LogP contribution is 2.37. The van der Waals surface area contributed by atoms with E-state index in [0.29, 0.717) is 5.75 Å². The Labute approximate surface area is 121 Å². The minimum atomic E-state index is 0.190. The number of aromatic hydroxyl groups is 1. The third kappa shape index (κ3) is 2.17. The van der Waals surface area contributed by atoms with Crippen LogP contribution in [0.1, 0.15) is 10.4 Å². The van der Waals surface area contributed by atoms with E-state index in [0.717, 1.165) is 16.0 Å². The third-order valence-corrected chi connectivity index (χ3v) is 4.41. The van der Waals surface area contributed by atoms with Crippen LogP contribution in [0.5, 0.6) is 11.5 Å². The number of phenols is 1. The first kappa shape index (κ1) is 12.8. The van der Waals surface area contributed by atoms with Crippen LogP contribution < -0.4 is 4.74 Å². The highest BCUT2D eigenvalue weighted by Gasteiger charge is 2.12. The van der Waals surface area contributed by atoms with E-state index in [4.69, 9.17) is 4.74 Å². The molecule has 1 heterocycles. The summed E-state index contributed by atoms with van der Waals surface area (Å²) in [4.78, 5) is 1.11. The fourth-order valence-electron chi connectivity index (χ4n) is 2.19. The Morgan fingerprint density at radius 2 is 1.95 bits per heavy atom. The lowest BCUT2D eigenvalue weighted by Gasteiger charge is -2.10. The molecule has 20 heavy (non-hydrogen) atoms. The molecule has 0 atom stereocenters. The van der Waals surface area contributed by atoms with Gasteiger partial charge in [0.1, 0.15) is 11.5 Å². The SMILES string of the molecule is C=C(c1cc2ccccc2s1)c1ccc(O)cc1OC. The summed E-state index contributed by atoms with van der Waals surface area (Å²) in [5.41, 5.74) is 1.81. The van der Waals surface area contributed by atoms with Crippen molar-refractivity contribution >= 4 is 27.0 Å². The van der Waals surface area contributed by atoms with Gasteiger partial charge >= 0.3 is 0 Å². The van der Waals surface area contributed by atoms with Gasteiger partial charge in [-0.15, -0.1) is 11.3 Å². The normalized spacial score (nSPS) is 10.7. The summed E-state index contributed by atoms with van der Waals surface area (Å²) < 4.78 is 6.56. The Kier molecular flexibility index (Phi) is 3.20. The number of phenolic OH excluding ortho intramolecular Hbond substituents is 1. The van der Waals surface area contributed by atoms with Crippen LogP contribution in [0.3, 0.4) is 0 Å². The van der Waals surface area contributed by atoms with Crippen molar-refractivity contribution in [2.45, 2.75) is 0 Å². The van der Waals surface area contributed by atoms with E-state index in [-0.39, 0.29) is 5.75 Å². The van der Waals surface area contributed by atoms with Crippen molar-refractivity contribution in [2.75, 3.05) is 7.11 Å². The maximum Gasteiger partial charge on any atom is 0.130 e. The minimum Gasteiger partial charge on any atom is -0.508 e. The molecular weight excluding hydrogens is 268 g/mol. The molecule has 0 aliphatic heterocycles. The third-order valence-electron chi connectivity index (χ3n) is 3.23. The maximum atomic E-state index is 9.53. The van der Waals surface area contributed by atoms with E-state index in [9.17, 15) is 5.11 Å². The zero-order valence-electron chi connectivity index (χ0n) is 11.1. The van der Waals surface area contributed by atoms with Crippen LogP contribution in [0, 0.1) is 0 Å². The van der Waals surface area contributed by atoms with E-state index in [1.54, 1.807) is 30.6 Å². The van der Waals surface area contributed by atoms with Crippen LogP contribution in [0.2, 0.25) is 0 Å². The molecule has 0 amide bonds. The predicted octanol–water partition coefficient (Wildman–Crippen LogP) is 4.68. The highest BCUT2D eigenvalue weighted by atomic mass is 32.1. The standard InChI is InChI=1S/C17H14O2S/c1-11(14-8-7-13(18)10-15(14)19-2)17-9-12-5-3-4-6-16(12)20-17/h3-10,18H,1H2,2H3. The van der Waals surface area contributed by atoms with E-state index in [1.165, 1.54) is 10.1 Å². The van der Waals surface area contributed by atoms with Crippen LogP contribution in [0.4, 0.5) is 0 Å². The van der Waals surface area contributed by atoms with Crippen LogP contribution in [-0.4, -0.2) is 12.2 Å². The zero-order valence-corrected chi connectivity index (χ0v) is 11.9. The monoisotopic (exact) mass is 282 g/mol. The number of methoxy groups -OCH3 is 1. The molecule has 0 fully saturated rings. The molecule has 0 bridgehead atoms. The Bertz CT molecular complexity index is 754. The molecule has 3 aromatic rings. The van der Waals surface area contributed by atoms with Gasteiger partial charge in [-0.3, -0.25) is 0 Å². The van der Waals surface area contributed by atoms with Gasteiger partial charge in [0.2, 0.25) is 0 Å². The quantitative estimate of drug-likeness (QED) is 0.756. The van der Waals surface area contributed by atoms with Gasteiger partial charge in [0.15, 0.2) is 0 Å². The van der Waals surface area contributed by atoms with Gasteiger partial charge < -0.3 is 9.84 Å². The summed E-state index contributed by atoms with van der Waals surface area (Å²) in [6, 6.07) is 15.5. The molecule has 3 heteroatoms. The lowest BCUT2D eigenvalue weighted by atomic mass is 10.0. The van der Waals surface area contributed by atoms with Gasteiger partial charge in [-0.25, -0.2) is 0 Å². The molecule has 2 nitrogen and oxygen atoms in total. The average Bonchev–Trinajstić information content (AvgIpc) is 2.90. The first-order valence-electron chi connectivity index (χ1n) is 6.24. The number of hydrogen-bond donors (Lipinski definition) is 1. The number of rotatable bonds is 3. The van der Waals surface area contributed by atoms with Crippen molar-refractivity contribution in [2.24, 2.45) is 0 Å². The molecule has 1 aromatic heterocycles. The largest absolute Gasteiger partial charge is 0.508 e. The minimum absolute atomic E-state index is 0.190. The molecule has 2 aromatic carbocycles. The van der Waals surface area contributed by atoms with Gasteiger partial charge in [-0.1, -0.05) is 24.8 Å². The van der Waals surface area contributed by atoms with E-state index < -0.39 is 0 Å². The molecule has 0 aliphatic rings. The van der Waals surface area contributed by atoms with Gasteiger partial charge in [0.25, 0.3) is 0 Å². The fraction of sp³-hybridized carbons (Fsp3) is 0.0588. The van der Waals surface area contributed by atoms with Crippen molar-refractivity contribution in [1.29, 1.82) is 0 Å². The maximum absolute atomic E-state index is 9.53. The van der Waals surface area contributed by atoms with Gasteiger partial charge in [-0.05, 0) is 35.2 Å². The molecule has 0 saturated heterocycles. The summed E-state index contributed by atoms with van der Waals surface area (Å²) >= 11 is 1.71. The second-order valence-electron chi connectivity index (χ2n) is 4.51. The predicted molar refractivity (Wildman–Crippen MR) is 84.6 cm³/mol. The second-order valence-corrected chi connectivity index (χ2v) is 5.60. The topological polar surface area (TPSA) is 29.5 Å². The average molecular weight is 282 g/mol. The molecule has 0 saturated carbocycles. The van der Waals surface area contributed by atoms with Crippen LogP contribution in [0.15, 0.2) is 55.1 Å². The van der Waals surface area contributed by atoms with Crippen LogP contribution in [-0.2, 0) is 0 Å². The van der Waals surface area contributed by atoms with E-state index in [2.05, 4.69) is 24.8 Å². The number of thiophene rings is 1. The van der Waals surface area contributed by atoms with E-state index in [1.807, 2.05) is 18.2 Å². The van der Waals surface area contributed by atoms with Crippen LogP contribution in [0.25, 0.3) is 15.7 Å². The molecule has 100 valence electrons. The zero-order chi connectivity index (χ0) is 14.1. The first-order chi connectivity index (χ1) is 9.69. The molecule has 0 aliphatic carbocycles. The molecular formula is C17H14O2S. The van der Waals surface area contributed by atoms with Crippen molar-refractivity contribution < 1.29 is 9.84 Å². The molecule has 0 spiro atoms. The first-order valence-corrected chi connectivity index (χ1v) is 7.06. The van der Waals surface area contributed by atoms with Crippen molar-refractivity contribution in [3.05, 3.63) is 65.6 Å². The van der Waals surface area contributed by atoms with E-state index >= 15 is 0 Å². The Hall–Kier alpha value is -2.26. The lowest BCUT2D eigenvalue weighted by Crippen LogP contribution is -1.90. The summed E-state index contributed by atoms with van der Waals surface area (Å²) in [6.07, 6.45) is 0. The summed E-state index contributed by atoms with van der Waals surface area (Å²) in [5, 5.41) is 10.7. The van der Waals surface area contributed by atoms with Crippen molar-refractivity contribution in [3.8, 4) is 11.5 Å². The van der Waals surface area contributed by atoms with Gasteiger partial charge in [-0.2, -0.15) is 0 Å². The van der Waals surface area contributed by atoms with Crippen molar-refractivity contribution in [3.63, 3.8) is 0 Å². The number of ether oxygens (including phenoxy) is 1. The van der Waals surface area contributed by atoms with Gasteiger partial charge in [0.05, 0.1) is 7.11 Å². The smallest absolute Gasteiger partial charge is 0.130 e. The fourth-order valence-corrected chi connectivity index (χ4v) is 3.24. The lowest BCUT2D eigenvalue weighted by molar-refractivity contribution is 0.406. The molecule has 1 N–H and O–H groups in total. The Morgan fingerprint density at radius 3 is 2.70 bits per heavy atom. The molecule has 3 rings (SSSR count). The van der Waals surface area contributed by atoms with Gasteiger partial charge in [0, 0.05) is 21.2 Å². The Balaban J connectivity index is 2.08. The number of benzene rings is 2.